The molecule has 2 N–H and O–H groups in total. The number of ether oxygens (including phenoxy) is 1. The van der Waals surface area contributed by atoms with Gasteiger partial charge in [-0.15, -0.1) is 0 Å². The number of nitrogens with one attached hydrogen (secondary N) is 2. The Labute approximate surface area is 286 Å². The molecule has 3 atom stereocenters. The summed E-state index contributed by atoms with van der Waals surface area (Å²) in [6, 6.07) is 22.6. The fraction of sp³-hybridized carbons (Fsp3) is 0.390. The predicted molar refractivity (Wildman–Crippen MR) is 189 cm³/mol. The average molecular weight is 662 g/mol. The summed E-state index contributed by atoms with van der Waals surface area (Å²) in [4.78, 5) is 42.0. The molecule has 1 spiro atoms. The molecule has 0 saturated heterocycles. The van der Waals surface area contributed by atoms with E-state index in [2.05, 4.69) is 35.8 Å². The number of Topliss-reactive ketones (excluding diaryl/α,β-unsaturated/α-hetero) is 1. The summed E-state index contributed by atoms with van der Waals surface area (Å²) in [5.41, 5.74) is 3.89. The molecule has 1 aromatic heterocycles. The number of amides is 1. The number of rotatable bonds is 10. The molecule has 1 unspecified atom stereocenters. The average Bonchev–Trinajstić information content (AvgIpc) is 3.73. The van der Waals surface area contributed by atoms with Crippen LogP contribution in [-0.4, -0.2) is 34.4 Å². The van der Waals surface area contributed by atoms with Crippen molar-refractivity contribution in [3.63, 3.8) is 0 Å². The van der Waals surface area contributed by atoms with E-state index in [1.165, 1.54) is 17.7 Å². The predicted octanol–water partition coefficient (Wildman–Crippen LogP) is 7.06. The number of pyridine rings is 1. The third-order valence-corrected chi connectivity index (χ3v) is 10.8. The number of nitrogens with zero attached hydrogens (tertiary/aromatic N) is 1. The highest BCUT2D eigenvalue weighted by molar-refractivity contribution is 6.00. The van der Waals surface area contributed by atoms with Crippen molar-refractivity contribution in [3.8, 4) is 16.9 Å². The van der Waals surface area contributed by atoms with Crippen molar-refractivity contribution in [2.75, 3.05) is 6.54 Å². The van der Waals surface area contributed by atoms with Crippen LogP contribution < -0.4 is 20.9 Å². The van der Waals surface area contributed by atoms with Crippen molar-refractivity contribution in [3.05, 3.63) is 123 Å². The molecule has 49 heavy (non-hydrogen) atoms. The van der Waals surface area contributed by atoms with Gasteiger partial charge in [0.05, 0.1) is 23.7 Å². The van der Waals surface area contributed by atoms with E-state index in [-0.39, 0.29) is 46.7 Å². The number of halogens is 1. The Morgan fingerprint density at radius 1 is 0.980 bits per heavy atom. The first-order valence-corrected chi connectivity index (χ1v) is 17.7. The number of benzene rings is 3. The maximum Gasteiger partial charge on any atom is 0.259 e. The van der Waals surface area contributed by atoms with Crippen molar-refractivity contribution < 1.29 is 18.7 Å². The summed E-state index contributed by atoms with van der Waals surface area (Å²) in [6.45, 7) is 4.13. The fourth-order valence-electron chi connectivity index (χ4n) is 8.06. The number of ketones is 1. The molecule has 0 radical (unpaired) electrons. The molecule has 2 aliphatic heterocycles. The SMILES string of the molecule is CCc1ccc2c(c1)[C@@H](NCC(=O)[C@H](Cc1ccccc1)NC(=O)c1cc(-c3ccccc3F)c(=O)n3c1CCC3C)CC1(CCCC1)O2. The van der Waals surface area contributed by atoms with Gasteiger partial charge in [-0.25, -0.2) is 4.39 Å². The molecular weight excluding hydrogens is 617 g/mol. The van der Waals surface area contributed by atoms with E-state index in [0.717, 1.165) is 55.4 Å². The van der Waals surface area contributed by atoms with E-state index < -0.39 is 17.8 Å². The Morgan fingerprint density at radius 3 is 2.49 bits per heavy atom. The lowest BCUT2D eigenvalue weighted by Crippen LogP contribution is -2.48. The molecule has 7 nitrogen and oxygen atoms in total. The van der Waals surface area contributed by atoms with Crippen LogP contribution in [0.15, 0.2) is 83.7 Å². The largest absolute Gasteiger partial charge is 0.487 e. The molecule has 7 rings (SSSR count). The summed E-state index contributed by atoms with van der Waals surface area (Å²) >= 11 is 0. The Balaban J connectivity index is 1.18. The second-order valence-corrected chi connectivity index (χ2v) is 14.0. The lowest BCUT2D eigenvalue weighted by Gasteiger charge is -2.40. The van der Waals surface area contributed by atoms with Gasteiger partial charge in [0.2, 0.25) is 0 Å². The van der Waals surface area contributed by atoms with Gasteiger partial charge in [0.15, 0.2) is 5.78 Å². The number of fused-ring (bicyclic) bond motifs is 2. The smallest absolute Gasteiger partial charge is 0.259 e. The molecule has 3 aromatic carbocycles. The molecule has 3 aliphatic rings. The number of carbonyl (C=O) groups excluding carboxylic acids is 2. The highest BCUT2D eigenvalue weighted by atomic mass is 19.1. The summed E-state index contributed by atoms with van der Waals surface area (Å²) in [5.74, 6) is -0.221. The highest BCUT2D eigenvalue weighted by Gasteiger charge is 2.43. The molecule has 0 bridgehead atoms. The van der Waals surface area contributed by atoms with E-state index in [0.29, 0.717) is 30.5 Å². The lowest BCUT2D eigenvalue weighted by atomic mass is 9.85. The highest BCUT2D eigenvalue weighted by Crippen LogP contribution is 2.47. The van der Waals surface area contributed by atoms with E-state index in [9.17, 15) is 18.8 Å². The van der Waals surface area contributed by atoms with Crippen LogP contribution in [0.4, 0.5) is 4.39 Å². The molecule has 254 valence electrons. The summed E-state index contributed by atoms with van der Waals surface area (Å²) in [5, 5.41) is 6.63. The van der Waals surface area contributed by atoms with Crippen LogP contribution in [0.3, 0.4) is 0 Å². The minimum absolute atomic E-state index is 0.0561. The van der Waals surface area contributed by atoms with Crippen LogP contribution in [0.2, 0.25) is 0 Å². The van der Waals surface area contributed by atoms with Gasteiger partial charge >= 0.3 is 0 Å². The summed E-state index contributed by atoms with van der Waals surface area (Å²) < 4.78 is 23.2. The Hall–Kier alpha value is -4.56. The van der Waals surface area contributed by atoms with Gasteiger partial charge in [0.1, 0.15) is 17.2 Å². The first-order valence-electron chi connectivity index (χ1n) is 17.7. The molecule has 3 heterocycles. The van der Waals surface area contributed by atoms with Crippen molar-refractivity contribution in [2.24, 2.45) is 0 Å². The normalized spacial score (nSPS) is 19.6. The Bertz CT molecular complexity index is 1930. The molecule has 1 saturated carbocycles. The van der Waals surface area contributed by atoms with Gasteiger partial charge in [0, 0.05) is 35.3 Å². The summed E-state index contributed by atoms with van der Waals surface area (Å²) in [6.07, 6.45) is 7.50. The maximum absolute atomic E-state index is 15.0. The van der Waals surface area contributed by atoms with Gasteiger partial charge < -0.3 is 19.9 Å². The molecule has 8 heteroatoms. The van der Waals surface area contributed by atoms with Gasteiger partial charge in [-0.3, -0.25) is 14.4 Å². The number of carbonyl (C=O) groups is 2. The monoisotopic (exact) mass is 661 g/mol. The van der Waals surface area contributed by atoms with Crippen LogP contribution in [0.25, 0.3) is 11.1 Å². The molecule has 1 amide bonds. The van der Waals surface area contributed by atoms with E-state index in [1.807, 2.05) is 37.3 Å². The molecular formula is C41H44FN3O4. The third kappa shape index (κ3) is 6.58. The van der Waals surface area contributed by atoms with Crippen molar-refractivity contribution in [1.29, 1.82) is 0 Å². The van der Waals surface area contributed by atoms with Crippen molar-refractivity contribution in [2.45, 2.75) is 95.4 Å². The first-order chi connectivity index (χ1) is 23.7. The van der Waals surface area contributed by atoms with Crippen LogP contribution in [0.1, 0.15) is 97.2 Å². The lowest BCUT2D eigenvalue weighted by molar-refractivity contribution is -0.120. The Morgan fingerprint density at radius 2 is 1.73 bits per heavy atom. The van der Waals surface area contributed by atoms with Gasteiger partial charge in [0.25, 0.3) is 11.5 Å². The second-order valence-electron chi connectivity index (χ2n) is 14.0. The van der Waals surface area contributed by atoms with Crippen LogP contribution in [0.5, 0.6) is 5.75 Å². The van der Waals surface area contributed by atoms with Crippen LogP contribution in [0, 0.1) is 5.82 Å². The van der Waals surface area contributed by atoms with E-state index in [1.54, 1.807) is 22.8 Å². The topological polar surface area (TPSA) is 89.4 Å². The number of aryl methyl sites for hydroxylation is 1. The first kappa shape index (κ1) is 33.0. The number of hydrogen-bond donors (Lipinski definition) is 2. The zero-order valence-electron chi connectivity index (χ0n) is 28.3. The van der Waals surface area contributed by atoms with E-state index in [4.69, 9.17) is 4.74 Å². The maximum atomic E-state index is 15.0. The third-order valence-electron chi connectivity index (χ3n) is 10.8. The summed E-state index contributed by atoms with van der Waals surface area (Å²) in [7, 11) is 0. The zero-order chi connectivity index (χ0) is 34.1. The molecule has 1 aliphatic carbocycles. The van der Waals surface area contributed by atoms with Gasteiger partial charge in [-0.05, 0) is 87.6 Å². The Kier molecular flexibility index (Phi) is 9.25. The molecule has 4 aromatic rings. The fourth-order valence-corrected chi connectivity index (χ4v) is 8.06. The van der Waals surface area contributed by atoms with E-state index >= 15 is 0 Å². The quantitative estimate of drug-likeness (QED) is 0.190. The van der Waals surface area contributed by atoms with Crippen LogP contribution in [-0.2, 0) is 24.1 Å². The molecule has 1 fully saturated rings. The van der Waals surface area contributed by atoms with Crippen molar-refractivity contribution in [1.82, 2.24) is 15.2 Å². The van der Waals surface area contributed by atoms with Gasteiger partial charge in [-0.2, -0.15) is 0 Å². The number of aromatic nitrogens is 1. The zero-order valence-corrected chi connectivity index (χ0v) is 28.3. The van der Waals surface area contributed by atoms with Gasteiger partial charge in [-0.1, -0.05) is 67.6 Å². The minimum Gasteiger partial charge on any atom is -0.487 e. The standard InChI is InChI=1S/C41H44FN3O4/c1-3-27-16-18-38-31(21-27)35(24-41(49-38)19-9-10-20-41)43-25-37(46)34(22-28-11-5-4-6-12-28)44-39(47)32-23-30(29-13-7-8-14-33(29)42)40(48)45-26(2)15-17-36(32)45/h4-8,11-14,16,18,21,23,26,34-35,43H,3,9-10,15,17,19-20,22,24-25H2,1-2H3,(H,44,47)/t26?,34-,35-/m0/s1. The number of hydrogen-bond acceptors (Lipinski definition) is 5. The van der Waals surface area contributed by atoms with Crippen LogP contribution >= 0.6 is 0 Å². The second kappa shape index (κ2) is 13.7. The van der Waals surface area contributed by atoms with Crippen molar-refractivity contribution >= 4 is 11.7 Å². The minimum atomic E-state index is -0.826.